The first-order chi connectivity index (χ1) is 4.22. The van der Waals surface area contributed by atoms with Gasteiger partial charge in [0.25, 0.3) is 0 Å². The van der Waals surface area contributed by atoms with Gasteiger partial charge in [0.05, 0.1) is 6.10 Å². The summed E-state index contributed by atoms with van der Waals surface area (Å²) >= 11 is 3.56. The smallest absolute Gasteiger partial charge is 0.0586 e. The van der Waals surface area contributed by atoms with E-state index in [0.29, 0.717) is 10.9 Å². The molecule has 1 aliphatic rings. The van der Waals surface area contributed by atoms with Crippen molar-refractivity contribution in [2.45, 2.75) is 31.2 Å². The number of hydrogen-bond acceptors (Lipinski definition) is 1. The fourth-order valence-electron chi connectivity index (χ4n) is 1.35. The van der Waals surface area contributed by atoms with Crippen LogP contribution in [-0.2, 0) is 4.74 Å². The van der Waals surface area contributed by atoms with E-state index in [9.17, 15) is 0 Å². The molecule has 0 aromatic rings. The molecule has 1 heterocycles. The molecule has 2 heteroatoms. The molecule has 0 bridgehead atoms. The van der Waals surface area contributed by atoms with Gasteiger partial charge in [-0.05, 0) is 19.3 Å². The van der Waals surface area contributed by atoms with Gasteiger partial charge in [-0.2, -0.15) is 0 Å². The molecule has 0 aromatic carbocycles. The molecule has 1 saturated heterocycles. The van der Waals surface area contributed by atoms with Crippen LogP contribution in [0.2, 0.25) is 0 Å². The Kier molecular flexibility index (Phi) is 2.53. The Morgan fingerprint density at radius 1 is 1.67 bits per heavy atom. The summed E-state index contributed by atoms with van der Waals surface area (Å²) in [6.07, 6.45) is 1.67. The monoisotopic (exact) mass is 192 g/mol. The highest BCUT2D eigenvalue weighted by atomic mass is 79.9. The molecule has 0 aliphatic carbocycles. The zero-order valence-corrected chi connectivity index (χ0v) is 7.52. The summed E-state index contributed by atoms with van der Waals surface area (Å²) in [5.41, 5.74) is 0. The maximum atomic E-state index is 5.40. The molecule has 1 aliphatic heterocycles. The predicted molar refractivity (Wildman–Crippen MR) is 41.9 cm³/mol. The third-order valence-corrected chi connectivity index (χ3v) is 2.70. The van der Waals surface area contributed by atoms with Crippen molar-refractivity contribution >= 4 is 15.9 Å². The van der Waals surface area contributed by atoms with Gasteiger partial charge in [-0.25, -0.2) is 0 Å². The Labute approximate surface area is 64.9 Å². The Bertz CT molecular complexity index is 92.9. The molecular formula is C7H13BrO. The van der Waals surface area contributed by atoms with Crippen LogP contribution >= 0.6 is 15.9 Å². The fraction of sp³-hybridized carbons (Fsp3) is 1.00. The first-order valence-electron chi connectivity index (χ1n) is 3.47. The third kappa shape index (κ3) is 1.68. The first kappa shape index (κ1) is 7.55. The molecule has 1 nitrogen and oxygen atoms in total. The van der Waals surface area contributed by atoms with E-state index in [4.69, 9.17) is 4.74 Å². The number of rotatable bonds is 1. The molecule has 54 valence electrons. The third-order valence-electron chi connectivity index (χ3n) is 2.02. The minimum absolute atomic E-state index is 0.458. The van der Waals surface area contributed by atoms with E-state index < -0.39 is 0 Å². The highest BCUT2D eigenvalue weighted by Crippen LogP contribution is 2.27. The van der Waals surface area contributed by atoms with E-state index in [-0.39, 0.29) is 0 Å². The lowest BCUT2D eigenvalue weighted by Crippen LogP contribution is -2.18. The minimum atomic E-state index is 0.458. The minimum Gasteiger partial charge on any atom is -0.378 e. The Hall–Kier alpha value is 0.440. The van der Waals surface area contributed by atoms with Crippen LogP contribution in [0.4, 0.5) is 0 Å². The van der Waals surface area contributed by atoms with Gasteiger partial charge in [-0.15, -0.1) is 0 Å². The highest BCUT2D eigenvalue weighted by Gasteiger charge is 2.27. The average Bonchev–Trinajstić information content (AvgIpc) is 2.13. The van der Waals surface area contributed by atoms with Gasteiger partial charge < -0.3 is 4.74 Å². The summed E-state index contributed by atoms with van der Waals surface area (Å²) < 4.78 is 5.40. The summed E-state index contributed by atoms with van der Waals surface area (Å²) in [5.74, 6) is 0.727. The van der Waals surface area contributed by atoms with Crippen molar-refractivity contribution in [3.05, 3.63) is 0 Å². The maximum absolute atomic E-state index is 5.40. The molecule has 3 unspecified atom stereocenters. The Morgan fingerprint density at radius 2 is 2.33 bits per heavy atom. The van der Waals surface area contributed by atoms with Crippen LogP contribution in [0.25, 0.3) is 0 Å². The van der Waals surface area contributed by atoms with E-state index in [2.05, 4.69) is 29.8 Å². The second-order valence-corrected chi connectivity index (χ2v) is 4.15. The van der Waals surface area contributed by atoms with E-state index in [0.717, 1.165) is 12.5 Å². The van der Waals surface area contributed by atoms with Crippen molar-refractivity contribution in [3.63, 3.8) is 0 Å². The molecule has 1 fully saturated rings. The molecule has 1 rings (SSSR count). The molecule has 0 saturated carbocycles. The van der Waals surface area contributed by atoms with E-state index in [1.54, 1.807) is 0 Å². The van der Waals surface area contributed by atoms with Gasteiger partial charge in [0.1, 0.15) is 0 Å². The topological polar surface area (TPSA) is 9.23 Å². The van der Waals surface area contributed by atoms with Crippen molar-refractivity contribution in [1.82, 2.24) is 0 Å². The van der Waals surface area contributed by atoms with Gasteiger partial charge in [0, 0.05) is 11.4 Å². The quantitative estimate of drug-likeness (QED) is 0.580. The van der Waals surface area contributed by atoms with Crippen LogP contribution in [0.15, 0.2) is 0 Å². The molecule has 0 N–H and O–H groups in total. The van der Waals surface area contributed by atoms with Gasteiger partial charge in [-0.1, -0.05) is 22.9 Å². The summed E-state index contributed by atoms with van der Waals surface area (Å²) in [7, 11) is 0. The largest absolute Gasteiger partial charge is 0.378 e. The van der Waals surface area contributed by atoms with E-state index in [1.165, 1.54) is 6.42 Å². The number of hydrogen-bond donors (Lipinski definition) is 0. The lowest BCUT2D eigenvalue weighted by atomic mass is 10.0. The summed E-state index contributed by atoms with van der Waals surface area (Å²) in [5, 5.41) is 0. The van der Waals surface area contributed by atoms with Crippen molar-refractivity contribution in [3.8, 4) is 0 Å². The lowest BCUT2D eigenvalue weighted by Gasteiger charge is -2.15. The van der Waals surface area contributed by atoms with Crippen LogP contribution in [0.5, 0.6) is 0 Å². The molecule has 0 amide bonds. The van der Waals surface area contributed by atoms with Crippen LogP contribution in [0.1, 0.15) is 20.3 Å². The SMILES string of the molecule is CC(Br)C1CCOC1C. The lowest BCUT2D eigenvalue weighted by molar-refractivity contribution is 0.106. The molecule has 0 aromatic heterocycles. The molecule has 3 atom stereocenters. The standard InChI is InChI=1S/C7H13BrO/c1-5(8)7-3-4-9-6(7)2/h5-7H,3-4H2,1-2H3. The zero-order valence-electron chi connectivity index (χ0n) is 5.93. The van der Waals surface area contributed by atoms with Gasteiger partial charge in [0.2, 0.25) is 0 Å². The Balaban J connectivity index is 2.40. The molecule has 0 spiro atoms. The summed E-state index contributed by atoms with van der Waals surface area (Å²) in [6.45, 7) is 5.28. The number of ether oxygens (including phenoxy) is 1. The maximum Gasteiger partial charge on any atom is 0.0586 e. The normalized spacial score (nSPS) is 39.0. The molecule has 0 radical (unpaired) electrons. The average molecular weight is 193 g/mol. The van der Waals surface area contributed by atoms with Crippen LogP contribution in [0, 0.1) is 5.92 Å². The van der Waals surface area contributed by atoms with Crippen molar-refractivity contribution in [1.29, 1.82) is 0 Å². The fourth-order valence-corrected chi connectivity index (χ4v) is 2.05. The van der Waals surface area contributed by atoms with Gasteiger partial charge >= 0.3 is 0 Å². The van der Waals surface area contributed by atoms with Crippen molar-refractivity contribution in [2.24, 2.45) is 5.92 Å². The zero-order chi connectivity index (χ0) is 6.85. The second kappa shape index (κ2) is 3.02. The van der Waals surface area contributed by atoms with Gasteiger partial charge in [-0.3, -0.25) is 0 Å². The number of alkyl halides is 1. The first-order valence-corrected chi connectivity index (χ1v) is 4.39. The van der Waals surface area contributed by atoms with Crippen LogP contribution < -0.4 is 0 Å². The van der Waals surface area contributed by atoms with Crippen molar-refractivity contribution < 1.29 is 4.74 Å². The van der Waals surface area contributed by atoms with Crippen LogP contribution in [0.3, 0.4) is 0 Å². The summed E-state index contributed by atoms with van der Waals surface area (Å²) in [6, 6.07) is 0. The van der Waals surface area contributed by atoms with E-state index >= 15 is 0 Å². The molecular weight excluding hydrogens is 180 g/mol. The Morgan fingerprint density at radius 3 is 2.56 bits per heavy atom. The predicted octanol–water partition coefficient (Wildman–Crippen LogP) is 2.19. The molecule has 9 heavy (non-hydrogen) atoms. The highest BCUT2D eigenvalue weighted by molar-refractivity contribution is 9.09. The van der Waals surface area contributed by atoms with Gasteiger partial charge in [0.15, 0.2) is 0 Å². The van der Waals surface area contributed by atoms with Crippen LogP contribution in [-0.4, -0.2) is 17.5 Å². The van der Waals surface area contributed by atoms with E-state index in [1.807, 2.05) is 0 Å². The second-order valence-electron chi connectivity index (χ2n) is 2.71. The number of halogens is 1. The van der Waals surface area contributed by atoms with Crippen molar-refractivity contribution in [2.75, 3.05) is 6.61 Å². The summed E-state index contributed by atoms with van der Waals surface area (Å²) in [4.78, 5) is 0.606.